The van der Waals surface area contributed by atoms with Gasteiger partial charge in [-0.1, -0.05) is 24.6 Å². The number of aliphatic hydroxyl groups is 1. The van der Waals surface area contributed by atoms with Crippen LogP contribution in [0.5, 0.6) is 0 Å². The van der Waals surface area contributed by atoms with Crippen LogP contribution in [0.25, 0.3) is 0 Å². The fourth-order valence-electron chi connectivity index (χ4n) is 5.65. The van der Waals surface area contributed by atoms with E-state index in [4.69, 9.17) is 0 Å². The Morgan fingerprint density at radius 1 is 1.03 bits per heavy atom. The van der Waals surface area contributed by atoms with Gasteiger partial charge in [0.15, 0.2) is 0 Å². The van der Waals surface area contributed by atoms with Gasteiger partial charge in [0.1, 0.15) is 5.60 Å². The van der Waals surface area contributed by atoms with E-state index >= 15 is 0 Å². The lowest BCUT2D eigenvalue weighted by Gasteiger charge is -2.52. The molecule has 1 aliphatic carbocycles. The number of hydrogen-bond acceptors (Lipinski definition) is 4. The Bertz CT molecular complexity index is 853. The van der Waals surface area contributed by atoms with Crippen LogP contribution < -0.4 is 4.90 Å². The zero-order valence-electron chi connectivity index (χ0n) is 16.8. The van der Waals surface area contributed by atoms with Gasteiger partial charge in [-0.2, -0.15) is 0 Å². The third kappa shape index (κ3) is 3.36. The Hall–Kier alpha value is -2.24. The first-order chi connectivity index (χ1) is 14.1. The zero-order chi connectivity index (χ0) is 19.8. The van der Waals surface area contributed by atoms with Gasteiger partial charge >= 0.3 is 0 Å². The summed E-state index contributed by atoms with van der Waals surface area (Å²) in [5.41, 5.74) is 2.32. The normalized spacial score (nSPS) is 30.0. The van der Waals surface area contributed by atoms with Crippen LogP contribution in [0.4, 0.5) is 5.69 Å². The molecule has 152 valence electrons. The summed E-state index contributed by atoms with van der Waals surface area (Å²) in [7, 11) is 0. The van der Waals surface area contributed by atoms with Crippen LogP contribution in [0.2, 0.25) is 0 Å². The predicted octanol–water partition coefficient (Wildman–Crippen LogP) is 3.33. The molecule has 1 aromatic carbocycles. The molecule has 5 nitrogen and oxygen atoms in total. The molecule has 29 heavy (non-hydrogen) atoms. The van der Waals surface area contributed by atoms with Crippen LogP contribution in [0.15, 0.2) is 48.7 Å². The van der Waals surface area contributed by atoms with Gasteiger partial charge in [0.05, 0.1) is 5.69 Å². The number of benzene rings is 1. The number of amides is 1. The standard InChI is InChI=1S/C24H29N3O2/c28-23-8-4-14-27(23)21-11-9-18(10-12-21)15-26-16-19-5-3-6-20(17-26)24(19,29)22-7-1-2-13-25-22/h1-2,7,9-13,19-20,29H,3-6,8,14-17H2. The lowest BCUT2D eigenvalue weighted by molar-refractivity contribution is -0.151. The first-order valence-corrected chi connectivity index (χ1v) is 10.9. The molecule has 1 saturated carbocycles. The molecule has 1 aromatic heterocycles. The number of aromatic nitrogens is 1. The molecule has 3 aliphatic rings. The van der Waals surface area contributed by atoms with Crippen LogP contribution in [0.1, 0.15) is 43.4 Å². The average molecular weight is 392 g/mol. The quantitative estimate of drug-likeness (QED) is 0.869. The van der Waals surface area contributed by atoms with Crippen molar-refractivity contribution in [2.75, 3.05) is 24.5 Å². The third-order valence-electron chi connectivity index (χ3n) is 7.11. The number of nitrogens with zero attached hydrogens (tertiary/aromatic N) is 3. The molecule has 1 N–H and O–H groups in total. The molecule has 2 atom stereocenters. The average Bonchev–Trinajstić information content (AvgIpc) is 3.16. The van der Waals surface area contributed by atoms with E-state index in [1.807, 2.05) is 23.1 Å². The summed E-state index contributed by atoms with van der Waals surface area (Å²) in [6.07, 6.45) is 6.71. The summed E-state index contributed by atoms with van der Waals surface area (Å²) in [6.45, 7) is 3.52. The van der Waals surface area contributed by atoms with E-state index in [2.05, 4.69) is 34.1 Å². The molecular formula is C24H29N3O2. The minimum absolute atomic E-state index is 0.228. The van der Waals surface area contributed by atoms with Crippen molar-refractivity contribution in [1.29, 1.82) is 0 Å². The van der Waals surface area contributed by atoms with E-state index in [0.29, 0.717) is 6.42 Å². The zero-order valence-corrected chi connectivity index (χ0v) is 16.8. The number of anilines is 1. The van der Waals surface area contributed by atoms with Crippen molar-refractivity contribution in [2.24, 2.45) is 11.8 Å². The molecule has 5 heteroatoms. The largest absolute Gasteiger partial charge is 0.383 e. The Morgan fingerprint density at radius 3 is 2.41 bits per heavy atom. The van der Waals surface area contributed by atoms with Gasteiger partial charge in [0.25, 0.3) is 0 Å². The molecule has 2 bridgehead atoms. The van der Waals surface area contributed by atoms with E-state index in [9.17, 15) is 9.90 Å². The van der Waals surface area contributed by atoms with E-state index in [-0.39, 0.29) is 17.7 Å². The fraction of sp³-hybridized carbons (Fsp3) is 0.500. The fourth-order valence-corrected chi connectivity index (χ4v) is 5.65. The van der Waals surface area contributed by atoms with Crippen molar-refractivity contribution in [2.45, 2.75) is 44.2 Å². The van der Waals surface area contributed by atoms with Crippen molar-refractivity contribution in [3.8, 4) is 0 Å². The maximum Gasteiger partial charge on any atom is 0.227 e. The highest BCUT2D eigenvalue weighted by Gasteiger charge is 2.52. The van der Waals surface area contributed by atoms with E-state index in [0.717, 1.165) is 56.8 Å². The second kappa shape index (κ2) is 7.54. The molecule has 2 unspecified atom stereocenters. The highest BCUT2D eigenvalue weighted by molar-refractivity contribution is 5.95. The number of hydrogen-bond donors (Lipinski definition) is 1. The van der Waals surface area contributed by atoms with E-state index in [1.165, 1.54) is 12.0 Å². The summed E-state index contributed by atoms with van der Waals surface area (Å²) < 4.78 is 0. The molecule has 0 spiro atoms. The number of carbonyl (C=O) groups is 1. The molecular weight excluding hydrogens is 362 g/mol. The summed E-state index contributed by atoms with van der Waals surface area (Å²) in [5.74, 6) is 0.688. The van der Waals surface area contributed by atoms with E-state index < -0.39 is 5.60 Å². The minimum atomic E-state index is -0.796. The van der Waals surface area contributed by atoms with Crippen LogP contribution in [-0.2, 0) is 16.9 Å². The molecule has 1 amide bonds. The van der Waals surface area contributed by atoms with Crippen molar-refractivity contribution >= 4 is 11.6 Å². The van der Waals surface area contributed by atoms with Crippen molar-refractivity contribution in [1.82, 2.24) is 9.88 Å². The second-order valence-corrected chi connectivity index (χ2v) is 8.87. The topological polar surface area (TPSA) is 56.7 Å². The van der Waals surface area contributed by atoms with Gasteiger partial charge in [-0.25, -0.2) is 0 Å². The molecule has 3 heterocycles. The van der Waals surface area contributed by atoms with Crippen molar-refractivity contribution in [3.05, 3.63) is 59.9 Å². The SMILES string of the molecule is O=C1CCCN1c1ccc(CN2CC3CCCC(C2)C3(O)c2ccccn2)cc1. The summed E-state index contributed by atoms with van der Waals surface area (Å²) in [4.78, 5) is 20.9. The van der Waals surface area contributed by atoms with Crippen LogP contribution in [0, 0.1) is 11.8 Å². The second-order valence-electron chi connectivity index (χ2n) is 8.87. The van der Waals surface area contributed by atoms with Crippen LogP contribution in [-0.4, -0.2) is 40.5 Å². The number of rotatable bonds is 4. The molecule has 2 aliphatic heterocycles. The molecule has 0 radical (unpaired) electrons. The van der Waals surface area contributed by atoms with Crippen LogP contribution in [0.3, 0.4) is 0 Å². The highest BCUT2D eigenvalue weighted by atomic mass is 16.3. The number of pyridine rings is 1. The minimum Gasteiger partial charge on any atom is -0.383 e. The summed E-state index contributed by atoms with van der Waals surface area (Å²) in [5, 5.41) is 11.7. The Kier molecular flexibility index (Phi) is 4.88. The van der Waals surface area contributed by atoms with E-state index in [1.54, 1.807) is 6.20 Å². The van der Waals surface area contributed by atoms with Crippen LogP contribution >= 0.6 is 0 Å². The monoisotopic (exact) mass is 391 g/mol. The summed E-state index contributed by atoms with van der Waals surface area (Å²) in [6, 6.07) is 14.3. The third-order valence-corrected chi connectivity index (χ3v) is 7.11. The number of likely N-dealkylation sites (tertiary alicyclic amines) is 1. The smallest absolute Gasteiger partial charge is 0.227 e. The highest BCUT2D eigenvalue weighted by Crippen LogP contribution is 2.48. The van der Waals surface area contributed by atoms with Gasteiger partial charge in [0.2, 0.25) is 5.91 Å². The number of fused-ring (bicyclic) bond motifs is 2. The van der Waals surface area contributed by atoms with Gasteiger partial charge in [0, 0.05) is 56.3 Å². The molecule has 3 fully saturated rings. The molecule has 5 rings (SSSR count). The first-order valence-electron chi connectivity index (χ1n) is 10.9. The Balaban J connectivity index is 1.30. The predicted molar refractivity (Wildman–Crippen MR) is 112 cm³/mol. The summed E-state index contributed by atoms with van der Waals surface area (Å²) >= 11 is 0. The lowest BCUT2D eigenvalue weighted by Crippen LogP contribution is -2.58. The van der Waals surface area contributed by atoms with Gasteiger partial charge in [-0.3, -0.25) is 14.7 Å². The van der Waals surface area contributed by atoms with Gasteiger partial charge < -0.3 is 10.0 Å². The number of carbonyl (C=O) groups excluding carboxylic acids is 1. The van der Waals surface area contributed by atoms with Crippen molar-refractivity contribution < 1.29 is 9.90 Å². The van der Waals surface area contributed by atoms with Gasteiger partial charge in [-0.15, -0.1) is 0 Å². The number of piperidine rings is 1. The lowest BCUT2D eigenvalue weighted by atomic mass is 9.64. The maximum absolute atomic E-state index is 12.0. The Labute approximate surface area is 172 Å². The maximum atomic E-state index is 12.0. The van der Waals surface area contributed by atoms with Crippen molar-refractivity contribution in [3.63, 3.8) is 0 Å². The molecule has 2 saturated heterocycles. The molecule has 2 aromatic rings. The first kappa shape index (κ1) is 18.8. The van der Waals surface area contributed by atoms with Gasteiger partial charge in [-0.05, 0) is 49.1 Å². The Morgan fingerprint density at radius 2 is 1.79 bits per heavy atom.